The van der Waals surface area contributed by atoms with Crippen molar-refractivity contribution in [1.29, 1.82) is 0 Å². The summed E-state index contributed by atoms with van der Waals surface area (Å²) >= 11 is 0. The summed E-state index contributed by atoms with van der Waals surface area (Å²) in [5, 5.41) is 0. The van der Waals surface area contributed by atoms with Crippen LogP contribution in [0.4, 0.5) is 13.2 Å². The molecule has 13 heavy (non-hydrogen) atoms. The number of nitrogens with two attached hydrogens (primary N) is 1. The standard InChI is InChI=1S/C8H8F3N.ClH/c9-4-7(12)8-5(10)2-1-3-6(8)11;/h1-3,7H,4,12H2;1H/t7-;/m1./s1. The van der Waals surface area contributed by atoms with Gasteiger partial charge in [0.15, 0.2) is 0 Å². The largest absolute Gasteiger partial charge is 0.322 e. The van der Waals surface area contributed by atoms with Crippen molar-refractivity contribution in [3.05, 3.63) is 35.4 Å². The second kappa shape index (κ2) is 5.09. The van der Waals surface area contributed by atoms with Crippen LogP contribution in [-0.2, 0) is 0 Å². The van der Waals surface area contributed by atoms with E-state index in [-0.39, 0.29) is 18.0 Å². The maximum absolute atomic E-state index is 12.8. The Hall–Kier alpha value is -0.740. The molecule has 0 saturated carbocycles. The third-order valence-electron chi connectivity index (χ3n) is 1.54. The molecule has 1 aromatic rings. The molecule has 1 rings (SSSR count). The number of rotatable bonds is 2. The average molecular weight is 212 g/mol. The quantitative estimate of drug-likeness (QED) is 0.799. The van der Waals surface area contributed by atoms with E-state index < -0.39 is 24.4 Å². The second-order valence-electron chi connectivity index (χ2n) is 2.40. The Balaban J connectivity index is 0.00000144. The van der Waals surface area contributed by atoms with Crippen molar-refractivity contribution >= 4 is 12.4 Å². The topological polar surface area (TPSA) is 26.0 Å². The van der Waals surface area contributed by atoms with Gasteiger partial charge in [-0.25, -0.2) is 13.2 Å². The number of hydrogen-bond donors (Lipinski definition) is 1. The van der Waals surface area contributed by atoms with Gasteiger partial charge >= 0.3 is 0 Å². The molecule has 74 valence electrons. The van der Waals surface area contributed by atoms with Crippen LogP contribution in [0.2, 0.25) is 0 Å². The predicted octanol–water partition coefficient (Wildman–Crippen LogP) is 2.36. The first kappa shape index (κ1) is 12.3. The van der Waals surface area contributed by atoms with E-state index in [1.54, 1.807) is 0 Å². The fourth-order valence-electron chi connectivity index (χ4n) is 0.942. The lowest BCUT2D eigenvalue weighted by Crippen LogP contribution is -2.15. The summed E-state index contributed by atoms with van der Waals surface area (Å²) in [5.74, 6) is -1.61. The van der Waals surface area contributed by atoms with Crippen LogP contribution < -0.4 is 5.73 Å². The molecule has 0 amide bonds. The zero-order valence-corrected chi connectivity index (χ0v) is 7.45. The molecule has 1 aromatic carbocycles. The van der Waals surface area contributed by atoms with Crippen molar-refractivity contribution in [3.8, 4) is 0 Å². The molecule has 2 N–H and O–H groups in total. The van der Waals surface area contributed by atoms with Gasteiger partial charge in [0.2, 0.25) is 0 Å². The molecule has 0 aliphatic heterocycles. The molecule has 0 aliphatic carbocycles. The van der Waals surface area contributed by atoms with Crippen molar-refractivity contribution in [3.63, 3.8) is 0 Å². The van der Waals surface area contributed by atoms with Crippen molar-refractivity contribution in [1.82, 2.24) is 0 Å². The Bertz CT molecular complexity index is 260. The van der Waals surface area contributed by atoms with E-state index in [9.17, 15) is 13.2 Å². The van der Waals surface area contributed by atoms with Crippen LogP contribution in [0, 0.1) is 11.6 Å². The lowest BCUT2D eigenvalue weighted by atomic mass is 10.1. The highest BCUT2D eigenvalue weighted by Gasteiger charge is 2.15. The van der Waals surface area contributed by atoms with Gasteiger partial charge in [-0.05, 0) is 12.1 Å². The summed E-state index contributed by atoms with van der Waals surface area (Å²) in [6.07, 6.45) is 0. The molecule has 0 unspecified atom stereocenters. The van der Waals surface area contributed by atoms with Gasteiger partial charge in [-0.15, -0.1) is 12.4 Å². The SMILES string of the molecule is Cl.N[C@H](CF)c1c(F)cccc1F. The van der Waals surface area contributed by atoms with E-state index in [0.29, 0.717) is 0 Å². The first-order valence-corrected chi connectivity index (χ1v) is 3.42. The third-order valence-corrected chi connectivity index (χ3v) is 1.54. The Morgan fingerprint density at radius 2 is 1.69 bits per heavy atom. The van der Waals surface area contributed by atoms with Gasteiger partial charge in [0, 0.05) is 5.56 Å². The van der Waals surface area contributed by atoms with E-state index in [1.807, 2.05) is 0 Å². The molecule has 0 aromatic heterocycles. The van der Waals surface area contributed by atoms with Gasteiger partial charge in [0.25, 0.3) is 0 Å². The summed E-state index contributed by atoms with van der Waals surface area (Å²) in [6, 6.07) is 2.09. The molecule has 0 fully saturated rings. The van der Waals surface area contributed by atoms with Gasteiger partial charge < -0.3 is 5.73 Å². The van der Waals surface area contributed by atoms with Crippen molar-refractivity contribution in [2.75, 3.05) is 6.67 Å². The fourth-order valence-corrected chi connectivity index (χ4v) is 0.942. The predicted molar refractivity (Wildman–Crippen MR) is 46.5 cm³/mol. The molecule has 0 bridgehead atoms. The minimum Gasteiger partial charge on any atom is -0.322 e. The Labute approximate surface area is 80.2 Å². The average Bonchev–Trinajstić information content (AvgIpc) is 2.03. The first-order chi connectivity index (χ1) is 5.66. The van der Waals surface area contributed by atoms with E-state index in [0.717, 1.165) is 12.1 Å². The van der Waals surface area contributed by atoms with Crippen LogP contribution >= 0.6 is 12.4 Å². The summed E-state index contributed by atoms with van der Waals surface area (Å²) in [4.78, 5) is 0. The van der Waals surface area contributed by atoms with E-state index in [1.165, 1.54) is 6.07 Å². The number of hydrogen-bond acceptors (Lipinski definition) is 1. The number of halogens is 4. The molecule has 5 heteroatoms. The third kappa shape index (κ3) is 2.60. The molecule has 0 heterocycles. The van der Waals surface area contributed by atoms with Crippen LogP contribution in [0.5, 0.6) is 0 Å². The molecular formula is C8H9ClF3N. The zero-order valence-electron chi connectivity index (χ0n) is 6.64. The normalized spacial score (nSPS) is 12.0. The fraction of sp³-hybridized carbons (Fsp3) is 0.250. The summed E-state index contributed by atoms with van der Waals surface area (Å²) < 4.78 is 37.6. The molecule has 0 saturated heterocycles. The maximum Gasteiger partial charge on any atom is 0.131 e. The molecule has 1 nitrogen and oxygen atoms in total. The highest BCUT2D eigenvalue weighted by atomic mass is 35.5. The first-order valence-electron chi connectivity index (χ1n) is 3.42. The van der Waals surface area contributed by atoms with Gasteiger partial charge in [0.1, 0.15) is 18.3 Å². The lowest BCUT2D eigenvalue weighted by molar-refractivity contribution is 0.413. The van der Waals surface area contributed by atoms with Crippen LogP contribution in [0.25, 0.3) is 0 Å². The molecule has 0 radical (unpaired) electrons. The second-order valence-corrected chi connectivity index (χ2v) is 2.40. The molecule has 0 aliphatic rings. The molecular weight excluding hydrogens is 203 g/mol. The lowest BCUT2D eigenvalue weighted by Gasteiger charge is -2.08. The van der Waals surface area contributed by atoms with Crippen molar-refractivity contribution < 1.29 is 13.2 Å². The zero-order chi connectivity index (χ0) is 9.14. The number of alkyl halides is 1. The van der Waals surface area contributed by atoms with Gasteiger partial charge in [-0.2, -0.15) is 0 Å². The Kier molecular flexibility index (Phi) is 4.80. The summed E-state index contributed by atoms with van der Waals surface area (Å²) in [7, 11) is 0. The molecule has 0 spiro atoms. The van der Waals surface area contributed by atoms with E-state index >= 15 is 0 Å². The van der Waals surface area contributed by atoms with Crippen LogP contribution in [0.15, 0.2) is 18.2 Å². The Morgan fingerprint density at radius 3 is 2.08 bits per heavy atom. The van der Waals surface area contributed by atoms with Crippen molar-refractivity contribution in [2.45, 2.75) is 6.04 Å². The van der Waals surface area contributed by atoms with E-state index in [4.69, 9.17) is 5.73 Å². The highest BCUT2D eigenvalue weighted by molar-refractivity contribution is 5.85. The highest BCUT2D eigenvalue weighted by Crippen LogP contribution is 2.18. The summed E-state index contributed by atoms with van der Waals surface area (Å²) in [6.45, 7) is -0.974. The van der Waals surface area contributed by atoms with Gasteiger partial charge in [-0.1, -0.05) is 6.07 Å². The van der Waals surface area contributed by atoms with Gasteiger partial charge in [0.05, 0.1) is 6.04 Å². The van der Waals surface area contributed by atoms with Gasteiger partial charge in [-0.3, -0.25) is 0 Å². The minimum absolute atomic E-state index is 0. The summed E-state index contributed by atoms with van der Waals surface area (Å²) in [5.41, 5.74) is 4.75. The van der Waals surface area contributed by atoms with Crippen LogP contribution in [0.3, 0.4) is 0 Å². The van der Waals surface area contributed by atoms with Crippen LogP contribution in [0.1, 0.15) is 11.6 Å². The number of benzene rings is 1. The van der Waals surface area contributed by atoms with Crippen LogP contribution in [-0.4, -0.2) is 6.67 Å². The van der Waals surface area contributed by atoms with E-state index in [2.05, 4.69) is 0 Å². The minimum atomic E-state index is -1.22. The monoisotopic (exact) mass is 211 g/mol. The smallest absolute Gasteiger partial charge is 0.131 e. The molecule has 1 atom stereocenters. The Morgan fingerprint density at radius 1 is 1.23 bits per heavy atom. The maximum atomic E-state index is 12.8. The van der Waals surface area contributed by atoms with Crippen molar-refractivity contribution in [2.24, 2.45) is 5.73 Å².